The van der Waals surface area contributed by atoms with Crippen LogP contribution >= 0.6 is 15.9 Å². The van der Waals surface area contributed by atoms with Crippen molar-refractivity contribution in [2.75, 3.05) is 6.61 Å². The minimum atomic E-state index is -0.423. The Morgan fingerprint density at radius 3 is 2.72 bits per heavy atom. The summed E-state index contributed by atoms with van der Waals surface area (Å²) >= 11 is 3.49. The van der Waals surface area contributed by atoms with Gasteiger partial charge in [-0.2, -0.15) is 0 Å². The van der Waals surface area contributed by atoms with Crippen LogP contribution in [-0.4, -0.2) is 27.2 Å². The minimum absolute atomic E-state index is 0.161. The van der Waals surface area contributed by atoms with Crippen LogP contribution in [0.2, 0.25) is 0 Å². The highest BCUT2D eigenvalue weighted by Crippen LogP contribution is 2.24. The zero-order chi connectivity index (χ0) is 18.6. The van der Waals surface area contributed by atoms with Crippen molar-refractivity contribution < 1.29 is 9.53 Å². The summed E-state index contributed by atoms with van der Waals surface area (Å²) < 4.78 is 7.98. The SMILES string of the molecule is CC(C)CCc1c(Br)cnc2c1c(=O)n(CCCOC=O)c(=O)n2C. The number of ether oxygens (including phenoxy) is 1. The van der Waals surface area contributed by atoms with Crippen molar-refractivity contribution in [3.8, 4) is 0 Å². The first kappa shape index (κ1) is 19.4. The van der Waals surface area contributed by atoms with E-state index >= 15 is 0 Å². The molecule has 2 rings (SSSR count). The lowest BCUT2D eigenvalue weighted by Gasteiger charge is -2.14. The average molecular weight is 412 g/mol. The molecule has 2 aromatic rings. The maximum Gasteiger partial charge on any atom is 0.332 e. The van der Waals surface area contributed by atoms with E-state index in [0.29, 0.717) is 29.8 Å². The molecule has 25 heavy (non-hydrogen) atoms. The molecular weight excluding hydrogens is 390 g/mol. The van der Waals surface area contributed by atoms with E-state index in [4.69, 9.17) is 0 Å². The van der Waals surface area contributed by atoms with Crippen molar-refractivity contribution >= 4 is 33.4 Å². The van der Waals surface area contributed by atoms with Gasteiger partial charge in [-0.15, -0.1) is 0 Å². The predicted octanol–water partition coefficient (Wildman–Crippen LogP) is 2.01. The number of carbonyl (C=O) groups excluding carboxylic acids is 1. The lowest BCUT2D eigenvalue weighted by atomic mass is 10.0. The topological polar surface area (TPSA) is 83.2 Å². The summed E-state index contributed by atoms with van der Waals surface area (Å²) in [6, 6.07) is 0. The van der Waals surface area contributed by atoms with Gasteiger partial charge in [-0.25, -0.2) is 9.78 Å². The van der Waals surface area contributed by atoms with Gasteiger partial charge in [-0.1, -0.05) is 13.8 Å². The molecule has 2 heterocycles. The lowest BCUT2D eigenvalue weighted by molar-refractivity contribution is -0.128. The molecule has 0 aliphatic carbocycles. The first-order valence-corrected chi connectivity index (χ1v) is 9.00. The smallest absolute Gasteiger partial charge is 0.332 e. The third-order valence-corrected chi connectivity index (χ3v) is 4.78. The monoisotopic (exact) mass is 411 g/mol. The van der Waals surface area contributed by atoms with E-state index in [2.05, 4.69) is 39.5 Å². The van der Waals surface area contributed by atoms with Crippen LogP contribution in [0, 0.1) is 5.92 Å². The summed E-state index contributed by atoms with van der Waals surface area (Å²) in [6.07, 6.45) is 3.67. The highest BCUT2D eigenvalue weighted by atomic mass is 79.9. The Bertz CT molecular complexity index is 886. The number of aryl methyl sites for hydroxylation is 2. The van der Waals surface area contributed by atoms with E-state index in [0.717, 1.165) is 22.9 Å². The van der Waals surface area contributed by atoms with E-state index in [9.17, 15) is 14.4 Å². The summed E-state index contributed by atoms with van der Waals surface area (Å²) in [5, 5.41) is 0.466. The Hall–Kier alpha value is -1.96. The number of aromatic nitrogens is 3. The Labute approximate surface area is 153 Å². The number of hydrogen-bond acceptors (Lipinski definition) is 5. The Morgan fingerprint density at radius 2 is 2.08 bits per heavy atom. The number of hydrogen-bond donors (Lipinski definition) is 0. The van der Waals surface area contributed by atoms with Gasteiger partial charge in [0.15, 0.2) is 0 Å². The Kier molecular flexibility index (Phi) is 6.52. The molecule has 0 saturated carbocycles. The zero-order valence-electron chi connectivity index (χ0n) is 14.6. The molecule has 0 radical (unpaired) electrons. The van der Waals surface area contributed by atoms with Gasteiger partial charge >= 0.3 is 5.69 Å². The van der Waals surface area contributed by atoms with Crippen molar-refractivity contribution in [2.24, 2.45) is 13.0 Å². The Morgan fingerprint density at radius 1 is 1.36 bits per heavy atom. The zero-order valence-corrected chi connectivity index (χ0v) is 16.2. The molecular formula is C17H22BrN3O4. The number of pyridine rings is 1. The van der Waals surface area contributed by atoms with Crippen LogP contribution in [0.5, 0.6) is 0 Å². The van der Waals surface area contributed by atoms with Crippen LogP contribution in [0.25, 0.3) is 11.0 Å². The van der Waals surface area contributed by atoms with Gasteiger partial charge in [0, 0.05) is 24.3 Å². The Balaban J connectivity index is 2.60. The van der Waals surface area contributed by atoms with Gasteiger partial charge in [0.25, 0.3) is 12.0 Å². The number of halogens is 1. The van der Waals surface area contributed by atoms with Crippen molar-refractivity contribution in [3.63, 3.8) is 0 Å². The fourth-order valence-corrected chi connectivity index (χ4v) is 3.21. The van der Waals surface area contributed by atoms with Crippen LogP contribution in [0.1, 0.15) is 32.3 Å². The molecule has 8 heteroatoms. The lowest BCUT2D eigenvalue weighted by Crippen LogP contribution is -2.40. The molecule has 0 bridgehead atoms. The molecule has 136 valence electrons. The van der Waals surface area contributed by atoms with Crippen LogP contribution < -0.4 is 11.2 Å². The number of rotatable bonds is 8. The first-order valence-electron chi connectivity index (χ1n) is 8.20. The summed E-state index contributed by atoms with van der Waals surface area (Å²) in [7, 11) is 1.61. The maximum atomic E-state index is 13.0. The minimum Gasteiger partial charge on any atom is -0.468 e. The van der Waals surface area contributed by atoms with Gasteiger partial charge in [0.1, 0.15) is 5.65 Å². The van der Waals surface area contributed by atoms with Gasteiger partial charge in [0.2, 0.25) is 0 Å². The molecule has 7 nitrogen and oxygen atoms in total. The van der Waals surface area contributed by atoms with Crippen LogP contribution in [-0.2, 0) is 29.5 Å². The van der Waals surface area contributed by atoms with Crippen LogP contribution in [0.3, 0.4) is 0 Å². The highest BCUT2D eigenvalue weighted by molar-refractivity contribution is 9.10. The van der Waals surface area contributed by atoms with Crippen molar-refractivity contribution in [3.05, 3.63) is 37.1 Å². The molecule has 0 saturated heterocycles. The number of nitrogens with zero attached hydrogens (tertiary/aromatic N) is 3. The second kappa shape index (κ2) is 8.42. The fraction of sp³-hybridized carbons (Fsp3) is 0.529. The summed E-state index contributed by atoms with van der Waals surface area (Å²) in [4.78, 5) is 39.9. The quantitative estimate of drug-likeness (QED) is 0.489. The molecule has 0 aliphatic heterocycles. The van der Waals surface area contributed by atoms with Gasteiger partial charge in [-0.05, 0) is 46.7 Å². The molecule has 0 fully saturated rings. The normalized spacial score (nSPS) is 11.2. The summed E-state index contributed by atoms with van der Waals surface area (Å²) in [5.41, 5.74) is 0.486. The van der Waals surface area contributed by atoms with E-state index in [1.165, 1.54) is 9.13 Å². The third kappa shape index (κ3) is 4.18. The highest BCUT2D eigenvalue weighted by Gasteiger charge is 2.17. The third-order valence-electron chi connectivity index (χ3n) is 4.09. The largest absolute Gasteiger partial charge is 0.468 e. The molecule has 0 spiro atoms. The van der Waals surface area contributed by atoms with E-state index < -0.39 is 5.69 Å². The summed E-state index contributed by atoms with van der Waals surface area (Å²) in [5.74, 6) is 0.491. The number of fused-ring (bicyclic) bond motifs is 1. The van der Waals surface area contributed by atoms with Crippen molar-refractivity contribution in [1.29, 1.82) is 0 Å². The van der Waals surface area contributed by atoms with Gasteiger partial charge in [-0.3, -0.25) is 18.7 Å². The van der Waals surface area contributed by atoms with Crippen LogP contribution in [0.15, 0.2) is 20.3 Å². The van der Waals surface area contributed by atoms with Crippen molar-refractivity contribution in [1.82, 2.24) is 14.1 Å². The van der Waals surface area contributed by atoms with Gasteiger partial charge < -0.3 is 4.74 Å². The second-order valence-corrected chi connectivity index (χ2v) is 7.19. The number of carbonyl (C=O) groups is 1. The molecule has 0 aromatic carbocycles. The average Bonchev–Trinajstić information content (AvgIpc) is 2.57. The second-order valence-electron chi connectivity index (χ2n) is 6.33. The molecule has 0 amide bonds. The van der Waals surface area contributed by atoms with E-state index in [-0.39, 0.29) is 18.7 Å². The standard InChI is InChI=1S/C17H22BrN3O4/c1-11(2)5-6-12-13(18)9-19-15-14(12)16(23)21(17(24)20(15)3)7-4-8-25-10-22/h9-11H,4-8H2,1-3H3. The first-order chi connectivity index (χ1) is 11.9. The molecule has 2 aromatic heterocycles. The summed E-state index contributed by atoms with van der Waals surface area (Å²) in [6.45, 7) is 4.95. The van der Waals surface area contributed by atoms with E-state index in [1.54, 1.807) is 13.2 Å². The fourth-order valence-electron chi connectivity index (χ4n) is 2.72. The van der Waals surface area contributed by atoms with Crippen molar-refractivity contribution in [2.45, 2.75) is 39.7 Å². The molecule has 0 aliphatic rings. The van der Waals surface area contributed by atoms with Crippen LogP contribution in [0.4, 0.5) is 0 Å². The van der Waals surface area contributed by atoms with E-state index in [1.807, 2.05) is 0 Å². The maximum absolute atomic E-state index is 13.0. The molecule has 0 unspecified atom stereocenters. The van der Waals surface area contributed by atoms with Gasteiger partial charge in [0.05, 0.1) is 12.0 Å². The molecule has 0 atom stereocenters. The predicted molar refractivity (Wildman–Crippen MR) is 98.7 cm³/mol. The molecule has 0 N–H and O–H groups in total.